The molecule has 1 aliphatic rings. The number of oxime groups is 1. The molecule has 0 fully saturated rings. The number of amides is 1. The standard InChI is InChI=1S/C22H22ClFN4O4/c1-13-15(23)9-7-11-16(13)31-21-18(24)22(28(3)12-26-21)32-17-10-6-5-8-14(17)19(27-30-4)20(29)25-2/h5-11H,12H2,1-4H3,(H,25,29)/b27-19+. The molecule has 0 unspecified atom stereocenters. The third kappa shape index (κ3) is 4.83. The van der Waals surface area contributed by atoms with Crippen LogP contribution >= 0.6 is 11.6 Å². The summed E-state index contributed by atoms with van der Waals surface area (Å²) in [6.45, 7) is 1.85. The van der Waals surface area contributed by atoms with Gasteiger partial charge < -0.3 is 24.5 Å². The number of aliphatic imine (C=N–C) groups is 1. The molecule has 0 saturated carbocycles. The van der Waals surface area contributed by atoms with Gasteiger partial charge in [0.1, 0.15) is 25.3 Å². The number of benzene rings is 2. The predicted octanol–water partition coefficient (Wildman–Crippen LogP) is 3.64. The van der Waals surface area contributed by atoms with Gasteiger partial charge in [0.25, 0.3) is 11.8 Å². The SMILES string of the molecule is CNC(=O)/C(=N/OC)c1ccccc1OC1=C(F)C(Oc2cccc(Cl)c2C)=NCN1C. The van der Waals surface area contributed by atoms with Crippen molar-refractivity contribution in [2.24, 2.45) is 10.1 Å². The molecule has 1 heterocycles. The van der Waals surface area contributed by atoms with Crippen LogP contribution in [0.4, 0.5) is 4.39 Å². The molecule has 0 radical (unpaired) electrons. The van der Waals surface area contributed by atoms with Crippen LogP contribution in [0.5, 0.6) is 11.5 Å². The first-order valence-corrected chi connectivity index (χ1v) is 9.94. The Morgan fingerprint density at radius 3 is 2.62 bits per heavy atom. The zero-order valence-corrected chi connectivity index (χ0v) is 18.7. The van der Waals surface area contributed by atoms with Gasteiger partial charge in [0, 0.05) is 24.7 Å². The van der Waals surface area contributed by atoms with Crippen molar-refractivity contribution in [2.45, 2.75) is 6.92 Å². The summed E-state index contributed by atoms with van der Waals surface area (Å²) < 4.78 is 26.9. The van der Waals surface area contributed by atoms with E-state index in [1.165, 1.54) is 19.1 Å². The number of hydrogen-bond acceptors (Lipinski definition) is 7. The summed E-state index contributed by atoms with van der Waals surface area (Å²) in [4.78, 5) is 22.7. The van der Waals surface area contributed by atoms with Crippen LogP contribution in [-0.2, 0) is 9.63 Å². The zero-order valence-electron chi connectivity index (χ0n) is 18.0. The van der Waals surface area contributed by atoms with E-state index in [1.54, 1.807) is 56.4 Å². The molecule has 8 nitrogen and oxygen atoms in total. The zero-order chi connectivity index (χ0) is 23.3. The molecule has 2 aromatic carbocycles. The molecule has 1 N–H and O–H groups in total. The molecule has 1 amide bonds. The quantitative estimate of drug-likeness (QED) is 0.525. The highest BCUT2D eigenvalue weighted by molar-refractivity contribution is 6.45. The Balaban J connectivity index is 1.97. The van der Waals surface area contributed by atoms with Gasteiger partial charge in [-0.3, -0.25) is 4.79 Å². The molecule has 168 valence electrons. The van der Waals surface area contributed by atoms with E-state index in [9.17, 15) is 4.79 Å². The van der Waals surface area contributed by atoms with Crippen molar-refractivity contribution in [2.75, 3.05) is 27.9 Å². The smallest absolute Gasteiger partial charge is 0.273 e. The summed E-state index contributed by atoms with van der Waals surface area (Å²) in [7, 11) is 4.40. The van der Waals surface area contributed by atoms with Crippen LogP contribution in [0.1, 0.15) is 11.1 Å². The third-order valence-corrected chi connectivity index (χ3v) is 4.96. The average Bonchev–Trinajstić information content (AvgIpc) is 2.79. The maximum absolute atomic E-state index is 15.4. The van der Waals surface area contributed by atoms with Gasteiger partial charge in [0.05, 0.1) is 5.56 Å². The third-order valence-electron chi connectivity index (χ3n) is 4.55. The summed E-state index contributed by atoms with van der Waals surface area (Å²) in [6, 6.07) is 11.7. The van der Waals surface area contributed by atoms with Crippen LogP contribution in [0.15, 0.2) is 64.3 Å². The van der Waals surface area contributed by atoms with Gasteiger partial charge in [0.2, 0.25) is 11.7 Å². The second kappa shape index (κ2) is 10.1. The highest BCUT2D eigenvalue weighted by Gasteiger charge is 2.28. The number of hydrogen-bond donors (Lipinski definition) is 1. The van der Waals surface area contributed by atoms with E-state index in [1.807, 2.05) is 0 Å². The molecule has 0 bridgehead atoms. The van der Waals surface area contributed by atoms with Crippen molar-refractivity contribution in [3.05, 3.63) is 70.3 Å². The lowest BCUT2D eigenvalue weighted by molar-refractivity contribution is -0.114. The molecule has 10 heteroatoms. The van der Waals surface area contributed by atoms with Gasteiger partial charge in [-0.1, -0.05) is 35.0 Å². The van der Waals surface area contributed by atoms with Crippen LogP contribution in [-0.4, -0.2) is 50.3 Å². The van der Waals surface area contributed by atoms with E-state index < -0.39 is 11.7 Å². The molecule has 0 spiro atoms. The van der Waals surface area contributed by atoms with Gasteiger partial charge in [-0.25, -0.2) is 4.99 Å². The number of nitrogens with zero attached hydrogens (tertiary/aromatic N) is 3. The van der Waals surface area contributed by atoms with Crippen molar-refractivity contribution >= 4 is 29.1 Å². The average molecular weight is 461 g/mol. The van der Waals surface area contributed by atoms with Gasteiger partial charge in [-0.2, -0.15) is 4.39 Å². The topological polar surface area (TPSA) is 84.8 Å². The van der Waals surface area contributed by atoms with Crippen LogP contribution < -0.4 is 14.8 Å². The lowest BCUT2D eigenvalue weighted by Crippen LogP contribution is -2.32. The Labute approximate surface area is 189 Å². The number of carbonyl (C=O) groups excluding carboxylic acids is 1. The fourth-order valence-electron chi connectivity index (χ4n) is 2.84. The Morgan fingerprint density at radius 1 is 1.19 bits per heavy atom. The van der Waals surface area contributed by atoms with Crippen LogP contribution in [0, 0.1) is 6.92 Å². The first kappa shape index (κ1) is 23.1. The summed E-state index contributed by atoms with van der Waals surface area (Å²) in [5.74, 6) is -1.09. The molecule has 0 atom stereocenters. The lowest BCUT2D eigenvalue weighted by atomic mass is 10.1. The van der Waals surface area contributed by atoms with Crippen molar-refractivity contribution in [3.63, 3.8) is 0 Å². The van der Waals surface area contributed by atoms with Crippen LogP contribution in [0.3, 0.4) is 0 Å². The molecular weight excluding hydrogens is 439 g/mol. The first-order valence-electron chi connectivity index (χ1n) is 9.56. The molecule has 0 saturated heterocycles. The number of nitrogens with one attached hydrogen (secondary N) is 1. The summed E-state index contributed by atoms with van der Waals surface area (Å²) in [5, 5.41) is 6.77. The van der Waals surface area contributed by atoms with E-state index in [-0.39, 0.29) is 29.9 Å². The number of halogens is 2. The van der Waals surface area contributed by atoms with E-state index in [2.05, 4.69) is 15.5 Å². The summed E-state index contributed by atoms with van der Waals surface area (Å²) in [6.07, 6.45) is 0. The predicted molar refractivity (Wildman–Crippen MR) is 120 cm³/mol. The number of rotatable bonds is 6. The molecule has 1 aliphatic heterocycles. The Morgan fingerprint density at radius 2 is 1.91 bits per heavy atom. The van der Waals surface area contributed by atoms with Crippen molar-refractivity contribution in [3.8, 4) is 11.5 Å². The lowest BCUT2D eigenvalue weighted by Gasteiger charge is -2.26. The fraction of sp³-hybridized carbons (Fsp3) is 0.227. The maximum Gasteiger partial charge on any atom is 0.273 e. The van der Waals surface area contributed by atoms with E-state index in [0.29, 0.717) is 21.9 Å². The van der Waals surface area contributed by atoms with Gasteiger partial charge in [-0.05, 0) is 31.2 Å². The molecule has 32 heavy (non-hydrogen) atoms. The Kier molecular flexibility index (Phi) is 7.32. The van der Waals surface area contributed by atoms with Crippen LogP contribution in [0.2, 0.25) is 5.02 Å². The number of ether oxygens (including phenoxy) is 2. The van der Waals surface area contributed by atoms with Crippen molar-refractivity contribution in [1.29, 1.82) is 0 Å². The minimum Gasteiger partial charge on any atom is -0.437 e. The largest absolute Gasteiger partial charge is 0.437 e. The summed E-state index contributed by atoms with van der Waals surface area (Å²) in [5.41, 5.74) is 0.949. The monoisotopic (exact) mass is 460 g/mol. The van der Waals surface area contributed by atoms with E-state index >= 15 is 4.39 Å². The van der Waals surface area contributed by atoms with Crippen LogP contribution in [0.25, 0.3) is 0 Å². The van der Waals surface area contributed by atoms with Gasteiger partial charge in [-0.15, -0.1) is 0 Å². The second-order valence-electron chi connectivity index (χ2n) is 6.69. The van der Waals surface area contributed by atoms with Crippen molar-refractivity contribution in [1.82, 2.24) is 10.2 Å². The number of para-hydroxylation sites is 1. The highest BCUT2D eigenvalue weighted by atomic mass is 35.5. The number of carbonyl (C=O) groups is 1. The van der Waals surface area contributed by atoms with E-state index in [4.69, 9.17) is 25.9 Å². The maximum atomic E-state index is 15.4. The molecular formula is C22H22ClFN4O4. The minimum absolute atomic E-state index is 0.0234. The molecule has 0 aliphatic carbocycles. The molecule has 3 rings (SSSR count). The summed E-state index contributed by atoms with van der Waals surface area (Å²) >= 11 is 6.12. The second-order valence-corrected chi connectivity index (χ2v) is 7.09. The Hall–Kier alpha value is -3.59. The fourth-order valence-corrected chi connectivity index (χ4v) is 3.01. The van der Waals surface area contributed by atoms with Gasteiger partial charge in [0.15, 0.2) is 5.71 Å². The highest BCUT2D eigenvalue weighted by Crippen LogP contribution is 2.29. The van der Waals surface area contributed by atoms with Crippen molar-refractivity contribution < 1.29 is 23.5 Å². The number of likely N-dealkylation sites (N-methyl/N-ethyl adjacent to an activating group) is 1. The minimum atomic E-state index is -0.807. The normalized spacial score (nSPS) is 14.1. The van der Waals surface area contributed by atoms with E-state index in [0.717, 1.165) is 0 Å². The first-order chi connectivity index (χ1) is 15.4. The Bertz CT molecular complexity index is 1120. The molecule has 2 aromatic rings. The van der Waals surface area contributed by atoms with Gasteiger partial charge >= 0.3 is 0 Å². The molecule has 0 aromatic heterocycles.